The summed E-state index contributed by atoms with van der Waals surface area (Å²) in [6.45, 7) is 2.10. The van der Waals surface area contributed by atoms with E-state index in [9.17, 15) is 27.6 Å². The molecule has 3 amide bonds. The number of benzene rings is 2. The van der Waals surface area contributed by atoms with Gasteiger partial charge in [0.2, 0.25) is 5.91 Å². The molecule has 2 N–H and O–H groups in total. The number of imide groups is 1. The molecule has 42 heavy (non-hydrogen) atoms. The maximum atomic E-state index is 13.7. The molecule has 0 fully saturated rings. The average molecular weight is 603 g/mol. The average Bonchev–Trinajstić information content (AvgIpc) is 3.18. The van der Waals surface area contributed by atoms with Crippen LogP contribution in [0.4, 0.5) is 5.69 Å². The first-order valence-corrected chi connectivity index (χ1v) is 16.0. The fraction of sp³-hybridized carbons (Fsp3) is 0.467. The third kappa shape index (κ3) is 8.54. The van der Waals surface area contributed by atoms with E-state index in [-0.39, 0.29) is 35.6 Å². The van der Waals surface area contributed by atoms with Gasteiger partial charge >= 0.3 is 5.97 Å². The Morgan fingerprint density at radius 2 is 1.62 bits per heavy atom. The van der Waals surface area contributed by atoms with E-state index < -0.39 is 39.4 Å². The van der Waals surface area contributed by atoms with Gasteiger partial charge in [-0.3, -0.25) is 24.1 Å². The van der Waals surface area contributed by atoms with Crippen LogP contribution in [0.1, 0.15) is 90.6 Å². The van der Waals surface area contributed by atoms with Gasteiger partial charge in [0, 0.05) is 19.1 Å². The summed E-state index contributed by atoms with van der Waals surface area (Å²) in [6.07, 6.45) is 6.06. The van der Waals surface area contributed by atoms with E-state index in [1.807, 2.05) is 0 Å². The molecule has 0 saturated heterocycles. The second kappa shape index (κ2) is 14.8. The van der Waals surface area contributed by atoms with Crippen LogP contribution >= 0.6 is 0 Å². The zero-order valence-corrected chi connectivity index (χ0v) is 25.0. The fourth-order valence-corrected chi connectivity index (χ4v) is 5.86. The van der Waals surface area contributed by atoms with Crippen molar-refractivity contribution in [3.05, 3.63) is 53.1 Å². The number of carbonyl (C=O) groups excluding carboxylic acids is 3. The number of unbranched alkanes of at least 4 members (excludes halogenated alkanes) is 5. The lowest BCUT2D eigenvalue weighted by Crippen LogP contribution is -2.37. The van der Waals surface area contributed by atoms with Crippen LogP contribution in [0.5, 0.6) is 11.5 Å². The minimum absolute atomic E-state index is 0.0197. The second-order valence-corrected chi connectivity index (χ2v) is 12.4. The number of carboxylic acid groups (broad SMARTS) is 1. The van der Waals surface area contributed by atoms with E-state index in [1.165, 1.54) is 13.2 Å². The molecule has 1 heterocycles. The molecule has 0 spiro atoms. The van der Waals surface area contributed by atoms with Gasteiger partial charge in [0.25, 0.3) is 11.8 Å². The standard InChI is InChI=1S/C30H38N2O9S/c1-4-41-25-18-20(16-17-24(25)40-2)23(19-42(3,38)39)32-29(36)21-12-11-13-22(28(21)30(32)37)31-26(33)14-9-7-5-6-8-10-15-27(34)35/h11-13,16-18,23H,4-10,14-15,19H2,1-3H3,(H,31,33)(H,34,35)/t23-/m1/s1. The molecule has 12 heteroatoms. The summed E-state index contributed by atoms with van der Waals surface area (Å²) in [6, 6.07) is 8.19. The van der Waals surface area contributed by atoms with Crippen molar-refractivity contribution < 1.29 is 42.2 Å². The van der Waals surface area contributed by atoms with Gasteiger partial charge in [0.1, 0.15) is 9.84 Å². The highest BCUT2D eigenvalue weighted by Crippen LogP contribution is 2.38. The van der Waals surface area contributed by atoms with Gasteiger partial charge in [-0.15, -0.1) is 0 Å². The third-order valence-electron chi connectivity index (χ3n) is 6.91. The molecule has 0 radical (unpaired) electrons. The summed E-state index contributed by atoms with van der Waals surface area (Å²) in [5.41, 5.74) is 0.671. The Balaban J connectivity index is 1.77. The van der Waals surface area contributed by atoms with Crippen molar-refractivity contribution >= 4 is 39.2 Å². The van der Waals surface area contributed by atoms with Crippen LogP contribution in [0.3, 0.4) is 0 Å². The molecule has 3 rings (SSSR count). The molecule has 0 bridgehead atoms. The molecule has 11 nitrogen and oxygen atoms in total. The number of hydrogen-bond donors (Lipinski definition) is 2. The van der Waals surface area contributed by atoms with Gasteiger partial charge in [0.05, 0.1) is 42.3 Å². The fourth-order valence-electron chi connectivity index (χ4n) is 4.95. The summed E-state index contributed by atoms with van der Waals surface area (Å²) < 4.78 is 35.8. The number of anilines is 1. The number of carboxylic acids is 1. The Morgan fingerprint density at radius 1 is 0.952 bits per heavy atom. The number of rotatable bonds is 17. The molecular formula is C30H38N2O9S. The van der Waals surface area contributed by atoms with E-state index in [4.69, 9.17) is 14.6 Å². The summed E-state index contributed by atoms with van der Waals surface area (Å²) in [4.78, 5) is 51.5. The van der Waals surface area contributed by atoms with E-state index >= 15 is 0 Å². The first-order valence-electron chi connectivity index (χ1n) is 14.0. The van der Waals surface area contributed by atoms with Crippen molar-refractivity contribution in [3.63, 3.8) is 0 Å². The van der Waals surface area contributed by atoms with Gasteiger partial charge < -0.3 is 19.9 Å². The summed E-state index contributed by atoms with van der Waals surface area (Å²) in [5.74, 6) is -2.20. The van der Waals surface area contributed by atoms with Crippen molar-refractivity contribution in [3.8, 4) is 11.5 Å². The van der Waals surface area contributed by atoms with E-state index in [0.29, 0.717) is 36.5 Å². The van der Waals surface area contributed by atoms with Crippen molar-refractivity contribution in [2.45, 2.75) is 64.3 Å². The molecule has 1 aliphatic rings. The van der Waals surface area contributed by atoms with Crippen molar-refractivity contribution in [1.82, 2.24) is 4.90 Å². The van der Waals surface area contributed by atoms with E-state index in [0.717, 1.165) is 36.8 Å². The SMILES string of the molecule is CCOc1cc([C@@H](CS(C)(=O)=O)N2C(=O)c3cccc(NC(=O)CCCCCCCCC(=O)O)c3C2=O)ccc1OC. The first kappa shape index (κ1) is 32.6. The minimum atomic E-state index is -3.65. The predicted octanol–water partition coefficient (Wildman–Crippen LogP) is 4.62. The predicted molar refractivity (Wildman–Crippen MR) is 157 cm³/mol. The summed E-state index contributed by atoms with van der Waals surface area (Å²) >= 11 is 0. The molecule has 2 aromatic carbocycles. The number of fused-ring (bicyclic) bond motifs is 1. The summed E-state index contributed by atoms with van der Waals surface area (Å²) in [7, 11) is -2.18. The Morgan fingerprint density at radius 3 is 2.24 bits per heavy atom. The molecule has 2 aromatic rings. The number of nitrogens with one attached hydrogen (secondary N) is 1. The van der Waals surface area contributed by atoms with Crippen molar-refractivity contribution in [2.75, 3.05) is 31.0 Å². The van der Waals surface area contributed by atoms with E-state index in [1.54, 1.807) is 37.3 Å². The number of amides is 3. The monoisotopic (exact) mass is 602 g/mol. The van der Waals surface area contributed by atoms with Crippen LogP contribution in [0, 0.1) is 0 Å². The Hall–Kier alpha value is -3.93. The largest absolute Gasteiger partial charge is 0.493 e. The number of ether oxygens (including phenoxy) is 2. The number of hydrogen-bond acceptors (Lipinski definition) is 8. The lowest BCUT2D eigenvalue weighted by molar-refractivity contribution is -0.137. The highest BCUT2D eigenvalue weighted by molar-refractivity contribution is 7.90. The molecule has 0 saturated carbocycles. The highest BCUT2D eigenvalue weighted by atomic mass is 32.2. The number of nitrogens with zero attached hydrogens (tertiary/aromatic N) is 1. The molecule has 0 aliphatic carbocycles. The third-order valence-corrected chi connectivity index (χ3v) is 7.83. The Kier molecular flexibility index (Phi) is 11.5. The van der Waals surface area contributed by atoms with E-state index in [2.05, 4.69) is 5.32 Å². The van der Waals surface area contributed by atoms with Gasteiger partial charge in [-0.1, -0.05) is 37.8 Å². The van der Waals surface area contributed by atoms with Crippen LogP contribution < -0.4 is 14.8 Å². The number of carbonyl (C=O) groups is 4. The number of methoxy groups -OCH3 is 1. The van der Waals surface area contributed by atoms with Crippen LogP contribution in [0.2, 0.25) is 0 Å². The highest BCUT2D eigenvalue weighted by Gasteiger charge is 2.43. The topological polar surface area (TPSA) is 156 Å². The maximum absolute atomic E-state index is 13.7. The molecule has 1 atom stereocenters. The Bertz CT molecular complexity index is 1420. The Labute approximate surface area is 246 Å². The quantitative estimate of drug-likeness (QED) is 0.195. The molecule has 228 valence electrons. The number of sulfone groups is 1. The number of aliphatic carboxylic acids is 1. The summed E-state index contributed by atoms with van der Waals surface area (Å²) in [5, 5.41) is 11.4. The second-order valence-electron chi connectivity index (χ2n) is 10.2. The van der Waals surface area contributed by atoms with Crippen LogP contribution in [-0.2, 0) is 19.4 Å². The molecule has 0 unspecified atom stereocenters. The van der Waals surface area contributed by atoms with Crippen molar-refractivity contribution in [1.29, 1.82) is 0 Å². The maximum Gasteiger partial charge on any atom is 0.303 e. The van der Waals surface area contributed by atoms with Gasteiger partial charge in [0.15, 0.2) is 11.5 Å². The molecule has 0 aromatic heterocycles. The lowest BCUT2D eigenvalue weighted by Gasteiger charge is -2.27. The van der Waals surface area contributed by atoms with Crippen LogP contribution in [0.15, 0.2) is 36.4 Å². The molecular weight excluding hydrogens is 564 g/mol. The molecule has 1 aliphatic heterocycles. The minimum Gasteiger partial charge on any atom is -0.493 e. The van der Waals surface area contributed by atoms with Crippen LogP contribution in [-0.4, -0.2) is 67.8 Å². The smallest absolute Gasteiger partial charge is 0.303 e. The van der Waals surface area contributed by atoms with Gasteiger partial charge in [-0.25, -0.2) is 8.42 Å². The van der Waals surface area contributed by atoms with Gasteiger partial charge in [-0.2, -0.15) is 0 Å². The van der Waals surface area contributed by atoms with Crippen LogP contribution in [0.25, 0.3) is 0 Å². The zero-order valence-electron chi connectivity index (χ0n) is 24.2. The normalized spacial score (nSPS) is 13.5. The lowest BCUT2D eigenvalue weighted by atomic mass is 10.1. The van der Waals surface area contributed by atoms with Crippen molar-refractivity contribution in [2.24, 2.45) is 0 Å². The zero-order chi connectivity index (χ0) is 30.9. The first-order chi connectivity index (χ1) is 20.0. The van der Waals surface area contributed by atoms with Gasteiger partial charge in [-0.05, 0) is 49.6 Å².